The van der Waals surface area contributed by atoms with E-state index in [4.69, 9.17) is 0 Å². The molecular formula is C16H17N5OS. The molecule has 118 valence electrons. The molecule has 0 unspecified atom stereocenters. The molecule has 23 heavy (non-hydrogen) atoms. The first-order valence-electron chi connectivity index (χ1n) is 7.23. The van der Waals surface area contributed by atoms with E-state index in [9.17, 15) is 4.79 Å². The van der Waals surface area contributed by atoms with Crippen LogP contribution >= 0.6 is 11.3 Å². The number of carbonyl (C=O) groups excluding carboxylic acids is 1. The number of amides is 1. The van der Waals surface area contributed by atoms with E-state index in [1.54, 1.807) is 23.3 Å². The maximum absolute atomic E-state index is 12.2. The van der Waals surface area contributed by atoms with Crippen LogP contribution in [0.1, 0.15) is 10.4 Å². The zero-order valence-electron chi connectivity index (χ0n) is 13.0. The lowest BCUT2D eigenvalue weighted by molar-refractivity contribution is -0.131. The summed E-state index contributed by atoms with van der Waals surface area (Å²) in [6.45, 7) is 2.70. The molecule has 0 aliphatic rings. The van der Waals surface area contributed by atoms with Gasteiger partial charge in [-0.25, -0.2) is 0 Å². The van der Waals surface area contributed by atoms with Crippen LogP contribution in [0, 0.1) is 6.92 Å². The zero-order valence-corrected chi connectivity index (χ0v) is 13.8. The number of nitrogens with zero attached hydrogens (tertiary/aromatic N) is 5. The van der Waals surface area contributed by atoms with Crippen LogP contribution in [0.2, 0.25) is 0 Å². The van der Waals surface area contributed by atoms with Gasteiger partial charge < -0.3 is 4.90 Å². The van der Waals surface area contributed by atoms with Crippen molar-refractivity contribution in [2.75, 3.05) is 7.05 Å². The molecule has 0 atom stereocenters. The fourth-order valence-corrected chi connectivity index (χ4v) is 2.85. The molecule has 2 aromatic heterocycles. The first-order chi connectivity index (χ1) is 11.1. The molecule has 3 rings (SSSR count). The van der Waals surface area contributed by atoms with Crippen molar-refractivity contribution >= 4 is 17.2 Å². The minimum atomic E-state index is -0.0498. The standard InChI is InChI=1S/C16H17N5OS/c1-12-5-7-13(8-6-12)16-17-19-21(18-16)11-15(22)20(2)10-14-4-3-9-23-14/h3-9H,10-11H2,1-2H3. The van der Waals surface area contributed by atoms with Crippen molar-refractivity contribution in [1.82, 2.24) is 25.1 Å². The van der Waals surface area contributed by atoms with Crippen LogP contribution < -0.4 is 0 Å². The van der Waals surface area contributed by atoms with E-state index in [2.05, 4.69) is 15.4 Å². The monoisotopic (exact) mass is 327 g/mol. The Morgan fingerprint density at radius 3 is 2.74 bits per heavy atom. The summed E-state index contributed by atoms with van der Waals surface area (Å²) in [5.41, 5.74) is 2.06. The van der Waals surface area contributed by atoms with Crippen molar-refractivity contribution in [2.45, 2.75) is 20.0 Å². The molecule has 2 heterocycles. The summed E-state index contributed by atoms with van der Waals surface area (Å²) < 4.78 is 0. The maximum Gasteiger partial charge on any atom is 0.246 e. The van der Waals surface area contributed by atoms with Crippen molar-refractivity contribution < 1.29 is 4.79 Å². The number of aryl methyl sites for hydroxylation is 1. The van der Waals surface area contributed by atoms with Gasteiger partial charge in [0.1, 0.15) is 6.54 Å². The summed E-state index contributed by atoms with van der Waals surface area (Å²) in [5.74, 6) is 0.477. The smallest absolute Gasteiger partial charge is 0.246 e. The number of aromatic nitrogens is 4. The number of carbonyl (C=O) groups is 1. The molecule has 7 heteroatoms. The predicted molar refractivity (Wildman–Crippen MR) is 88.8 cm³/mol. The van der Waals surface area contributed by atoms with Crippen LogP contribution in [-0.4, -0.2) is 38.1 Å². The third-order valence-corrected chi connectivity index (χ3v) is 4.30. The second-order valence-corrected chi connectivity index (χ2v) is 6.37. The largest absolute Gasteiger partial charge is 0.339 e. The van der Waals surface area contributed by atoms with E-state index in [0.717, 1.165) is 10.4 Å². The minimum absolute atomic E-state index is 0.0498. The van der Waals surface area contributed by atoms with Gasteiger partial charge in [-0.1, -0.05) is 35.9 Å². The quantitative estimate of drug-likeness (QED) is 0.722. The van der Waals surface area contributed by atoms with Gasteiger partial charge in [-0.15, -0.1) is 21.5 Å². The number of benzene rings is 1. The Hall–Kier alpha value is -2.54. The number of likely N-dealkylation sites (N-methyl/N-ethyl adjacent to an activating group) is 1. The molecule has 0 saturated carbocycles. The number of hydrogen-bond donors (Lipinski definition) is 0. The third-order valence-electron chi connectivity index (χ3n) is 3.44. The molecule has 0 radical (unpaired) electrons. The predicted octanol–water partition coefficient (Wildman–Crippen LogP) is 2.37. The van der Waals surface area contributed by atoms with E-state index in [1.807, 2.05) is 48.7 Å². The molecule has 1 amide bonds. The van der Waals surface area contributed by atoms with Crippen molar-refractivity contribution in [3.8, 4) is 11.4 Å². The zero-order chi connectivity index (χ0) is 16.2. The highest BCUT2D eigenvalue weighted by Crippen LogP contribution is 2.14. The van der Waals surface area contributed by atoms with Crippen molar-refractivity contribution in [3.05, 3.63) is 52.2 Å². The van der Waals surface area contributed by atoms with Crippen LogP contribution in [0.15, 0.2) is 41.8 Å². The van der Waals surface area contributed by atoms with Crippen LogP contribution in [0.4, 0.5) is 0 Å². The Kier molecular flexibility index (Phi) is 4.47. The Morgan fingerprint density at radius 2 is 2.04 bits per heavy atom. The van der Waals surface area contributed by atoms with Crippen LogP contribution in [0.25, 0.3) is 11.4 Å². The Bertz CT molecular complexity index is 779. The normalized spacial score (nSPS) is 10.7. The molecule has 0 bridgehead atoms. The summed E-state index contributed by atoms with van der Waals surface area (Å²) >= 11 is 1.63. The van der Waals surface area contributed by atoms with E-state index < -0.39 is 0 Å². The van der Waals surface area contributed by atoms with Gasteiger partial charge in [-0.3, -0.25) is 4.79 Å². The molecule has 0 fully saturated rings. The number of tetrazole rings is 1. The van der Waals surface area contributed by atoms with Crippen molar-refractivity contribution in [3.63, 3.8) is 0 Å². The molecule has 0 saturated heterocycles. The second kappa shape index (κ2) is 6.70. The topological polar surface area (TPSA) is 63.9 Å². The summed E-state index contributed by atoms with van der Waals surface area (Å²) in [7, 11) is 1.78. The highest BCUT2D eigenvalue weighted by atomic mass is 32.1. The first-order valence-corrected chi connectivity index (χ1v) is 8.11. The fraction of sp³-hybridized carbons (Fsp3) is 0.250. The van der Waals surface area contributed by atoms with Gasteiger partial charge >= 0.3 is 0 Å². The van der Waals surface area contributed by atoms with Crippen molar-refractivity contribution in [2.24, 2.45) is 0 Å². The van der Waals surface area contributed by atoms with Gasteiger partial charge in [0.15, 0.2) is 0 Å². The highest BCUT2D eigenvalue weighted by Gasteiger charge is 2.13. The summed E-state index contributed by atoms with van der Waals surface area (Å²) in [6.07, 6.45) is 0. The number of hydrogen-bond acceptors (Lipinski definition) is 5. The lowest BCUT2D eigenvalue weighted by Crippen LogP contribution is -2.30. The van der Waals surface area contributed by atoms with Gasteiger partial charge in [0.2, 0.25) is 11.7 Å². The molecule has 0 aliphatic carbocycles. The van der Waals surface area contributed by atoms with Crippen LogP contribution in [-0.2, 0) is 17.9 Å². The Morgan fingerprint density at radius 1 is 1.26 bits per heavy atom. The molecule has 6 nitrogen and oxygen atoms in total. The summed E-state index contributed by atoms with van der Waals surface area (Å²) in [6, 6.07) is 11.9. The van der Waals surface area contributed by atoms with Crippen LogP contribution in [0.3, 0.4) is 0 Å². The Balaban J connectivity index is 1.64. The van der Waals surface area contributed by atoms with Gasteiger partial charge in [0.25, 0.3) is 0 Å². The van der Waals surface area contributed by atoms with Crippen molar-refractivity contribution in [1.29, 1.82) is 0 Å². The maximum atomic E-state index is 12.2. The average molecular weight is 327 g/mol. The van der Waals surface area contributed by atoms with Gasteiger partial charge in [-0.05, 0) is 23.6 Å². The Labute approximate surface area is 138 Å². The average Bonchev–Trinajstić information content (AvgIpc) is 3.20. The molecule has 1 aromatic carbocycles. The summed E-state index contributed by atoms with van der Waals surface area (Å²) in [4.78, 5) is 16.4. The van der Waals surface area contributed by atoms with Gasteiger partial charge in [-0.2, -0.15) is 4.80 Å². The second-order valence-electron chi connectivity index (χ2n) is 5.34. The van der Waals surface area contributed by atoms with Gasteiger partial charge in [0, 0.05) is 17.5 Å². The van der Waals surface area contributed by atoms with E-state index in [0.29, 0.717) is 12.4 Å². The number of rotatable bonds is 5. The lowest BCUT2D eigenvalue weighted by atomic mass is 10.1. The highest BCUT2D eigenvalue weighted by molar-refractivity contribution is 7.09. The molecule has 0 aliphatic heterocycles. The van der Waals surface area contributed by atoms with E-state index in [-0.39, 0.29) is 12.5 Å². The van der Waals surface area contributed by atoms with Gasteiger partial charge in [0.05, 0.1) is 6.54 Å². The molecule has 0 N–H and O–H groups in total. The van der Waals surface area contributed by atoms with Crippen LogP contribution in [0.5, 0.6) is 0 Å². The molecule has 0 spiro atoms. The summed E-state index contributed by atoms with van der Waals surface area (Å²) in [5, 5.41) is 14.3. The third kappa shape index (κ3) is 3.81. The minimum Gasteiger partial charge on any atom is -0.339 e. The molecular weight excluding hydrogens is 310 g/mol. The fourth-order valence-electron chi connectivity index (χ4n) is 2.09. The first kappa shape index (κ1) is 15.4. The molecule has 3 aromatic rings. The van der Waals surface area contributed by atoms with E-state index in [1.165, 1.54) is 10.4 Å². The lowest BCUT2D eigenvalue weighted by Gasteiger charge is -2.15. The number of thiophene rings is 1. The van der Waals surface area contributed by atoms with E-state index >= 15 is 0 Å². The SMILES string of the molecule is Cc1ccc(-c2nnn(CC(=O)N(C)Cc3cccs3)n2)cc1.